The van der Waals surface area contributed by atoms with Crippen molar-refractivity contribution in [3.63, 3.8) is 0 Å². The summed E-state index contributed by atoms with van der Waals surface area (Å²) in [7, 11) is 0. The van der Waals surface area contributed by atoms with Crippen LogP contribution in [0.5, 0.6) is 0 Å². The topological polar surface area (TPSA) is 50.1 Å². The predicted octanol–water partition coefficient (Wildman–Crippen LogP) is 4.19. The standard InChI is InChI=1S/C15H10ClNO2S/c1-2-7-19-15(18)10(9-17)8-13-14(16)11-5-3-4-6-12(11)20-13/h2-6,8H,1,7H2/b10-8-. The van der Waals surface area contributed by atoms with Crippen LogP contribution in [0.15, 0.2) is 42.5 Å². The number of halogens is 1. The molecule has 0 N–H and O–H groups in total. The van der Waals surface area contributed by atoms with Crippen LogP contribution in [0, 0.1) is 11.3 Å². The number of nitrogens with zero attached hydrogens (tertiary/aromatic N) is 1. The van der Waals surface area contributed by atoms with Gasteiger partial charge >= 0.3 is 5.97 Å². The second-order valence-electron chi connectivity index (χ2n) is 3.83. The third kappa shape index (κ3) is 2.90. The zero-order valence-corrected chi connectivity index (χ0v) is 12.0. The van der Waals surface area contributed by atoms with E-state index in [2.05, 4.69) is 6.58 Å². The number of carbonyl (C=O) groups is 1. The van der Waals surface area contributed by atoms with Crippen LogP contribution in [0.2, 0.25) is 5.02 Å². The lowest BCUT2D eigenvalue weighted by Crippen LogP contribution is -2.06. The lowest BCUT2D eigenvalue weighted by molar-refractivity contribution is -0.137. The first-order valence-corrected chi connectivity index (χ1v) is 6.93. The number of esters is 1. The van der Waals surface area contributed by atoms with Gasteiger partial charge in [-0.1, -0.05) is 42.5 Å². The van der Waals surface area contributed by atoms with Gasteiger partial charge in [-0.15, -0.1) is 11.3 Å². The van der Waals surface area contributed by atoms with E-state index in [1.54, 1.807) is 0 Å². The van der Waals surface area contributed by atoms with Crippen molar-refractivity contribution in [2.75, 3.05) is 6.61 Å². The zero-order valence-electron chi connectivity index (χ0n) is 10.4. The van der Waals surface area contributed by atoms with E-state index in [-0.39, 0.29) is 12.2 Å². The van der Waals surface area contributed by atoms with Gasteiger partial charge in [0.15, 0.2) is 0 Å². The van der Waals surface area contributed by atoms with Crippen LogP contribution >= 0.6 is 22.9 Å². The smallest absolute Gasteiger partial charge is 0.349 e. The lowest BCUT2D eigenvalue weighted by atomic mass is 10.2. The summed E-state index contributed by atoms with van der Waals surface area (Å²) >= 11 is 7.68. The molecule has 0 spiro atoms. The molecule has 5 heteroatoms. The fraction of sp³-hybridized carbons (Fsp3) is 0.0667. The number of hydrogen-bond acceptors (Lipinski definition) is 4. The Hall–Kier alpha value is -2.09. The Kier molecular flexibility index (Phi) is 4.57. The van der Waals surface area contributed by atoms with Gasteiger partial charge in [0, 0.05) is 15.0 Å². The molecule has 20 heavy (non-hydrogen) atoms. The summed E-state index contributed by atoms with van der Waals surface area (Å²) in [4.78, 5) is 12.3. The fourth-order valence-corrected chi connectivity index (χ4v) is 3.04. The van der Waals surface area contributed by atoms with Gasteiger partial charge in [-0.3, -0.25) is 0 Å². The molecule has 0 radical (unpaired) electrons. The van der Waals surface area contributed by atoms with Gasteiger partial charge in [0.05, 0.1) is 5.02 Å². The summed E-state index contributed by atoms with van der Waals surface area (Å²) in [6.45, 7) is 3.51. The molecule has 0 amide bonds. The van der Waals surface area contributed by atoms with E-state index < -0.39 is 5.97 Å². The van der Waals surface area contributed by atoms with E-state index in [0.29, 0.717) is 9.90 Å². The second-order valence-corrected chi connectivity index (χ2v) is 5.30. The average molecular weight is 304 g/mol. The Morgan fingerprint density at radius 3 is 2.90 bits per heavy atom. The van der Waals surface area contributed by atoms with Crippen molar-refractivity contribution in [2.24, 2.45) is 0 Å². The van der Waals surface area contributed by atoms with E-state index in [9.17, 15) is 4.79 Å². The molecule has 0 saturated heterocycles. The molecule has 0 fully saturated rings. The Labute approximate surface area is 125 Å². The minimum absolute atomic E-state index is 0.0675. The minimum atomic E-state index is -0.680. The van der Waals surface area contributed by atoms with Gasteiger partial charge in [-0.2, -0.15) is 5.26 Å². The number of nitriles is 1. The van der Waals surface area contributed by atoms with Crippen LogP contribution in [-0.4, -0.2) is 12.6 Å². The number of thiophene rings is 1. The molecule has 2 aromatic rings. The van der Waals surface area contributed by atoms with Crippen LogP contribution in [-0.2, 0) is 9.53 Å². The first-order chi connectivity index (χ1) is 9.67. The van der Waals surface area contributed by atoms with Gasteiger partial charge in [0.2, 0.25) is 0 Å². The molecule has 1 heterocycles. The molecular weight excluding hydrogens is 294 g/mol. The maximum atomic E-state index is 11.7. The van der Waals surface area contributed by atoms with Gasteiger partial charge in [0.1, 0.15) is 18.2 Å². The van der Waals surface area contributed by atoms with E-state index in [1.807, 2.05) is 30.3 Å². The number of hydrogen-bond donors (Lipinski definition) is 0. The summed E-state index contributed by atoms with van der Waals surface area (Å²) in [6, 6.07) is 9.46. The third-order valence-corrected chi connectivity index (χ3v) is 4.14. The van der Waals surface area contributed by atoms with E-state index >= 15 is 0 Å². The van der Waals surface area contributed by atoms with Crippen molar-refractivity contribution in [3.05, 3.63) is 52.4 Å². The maximum absolute atomic E-state index is 11.7. The molecule has 3 nitrogen and oxygen atoms in total. The zero-order chi connectivity index (χ0) is 14.5. The molecule has 0 atom stereocenters. The van der Waals surface area contributed by atoms with Crippen LogP contribution in [0.25, 0.3) is 16.2 Å². The summed E-state index contributed by atoms with van der Waals surface area (Å²) < 4.78 is 5.84. The first-order valence-electron chi connectivity index (χ1n) is 5.74. The van der Waals surface area contributed by atoms with Gasteiger partial charge in [-0.25, -0.2) is 4.79 Å². The van der Waals surface area contributed by atoms with Gasteiger partial charge in [-0.05, 0) is 12.1 Å². The van der Waals surface area contributed by atoms with Crippen LogP contribution < -0.4 is 0 Å². The molecule has 2 rings (SSSR count). The first kappa shape index (κ1) is 14.3. The number of ether oxygens (including phenoxy) is 1. The number of benzene rings is 1. The number of carbonyl (C=O) groups excluding carboxylic acids is 1. The van der Waals surface area contributed by atoms with Gasteiger partial charge in [0.25, 0.3) is 0 Å². The molecule has 0 bridgehead atoms. The summed E-state index contributed by atoms with van der Waals surface area (Å²) in [5, 5.41) is 10.5. The monoisotopic (exact) mass is 303 g/mol. The molecule has 0 aliphatic heterocycles. The quantitative estimate of drug-likeness (QED) is 0.368. The summed E-state index contributed by atoms with van der Waals surface area (Å²) in [6.07, 6.45) is 2.90. The Morgan fingerprint density at radius 1 is 1.50 bits per heavy atom. The van der Waals surface area contributed by atoms with Crippen LogP contribution in [0.4, 0.5) is 0 Å². The van der Waals surface area contributed by atoms with Crippen molar-refractivity contribution in [2.45, 2.75) is 0 Å². The SMILES string of the molecule is C=CCOC(=O)/C(C#N)=C\c1sc2ccccc2c1Cl. The normalized spacial score (nSPS) is 11.1. The molecule has 0 saturated carbocycles. The van der Waals surface area contributed by atoms with Crippen molar-refractivity contribution in [3.8, 4) is 6.07 Å². The Morgan fingerprint density at radius 2 is 2.25 bits per heavy atom. The fourth-order valence-electron chi connectivity index (χ4n) is 1.61. The molecule has 1 aromatic carbocycles. The highest BCUT2D eigenvalue weighted by atomic mass is 35.5. The molecule has 0 aliphatic carbocycles. The van der Waals surface area contributed by atoms with Crippen molar-refractivity contribution in [1.29, 1.82) is 5.26 Å². The number of fused-ring (bicyclic) bond motifs is 1. The third-order valence-electron chi connectivity index (χ3n) is 2.51. The van der Waals surface area contributed by atoms with Crippen molar-refractivity contribution in [1.82, 2.24) is 0 Å². The van der Waals surface area contributed by atoms with E-state index in [0.717, 1.165) is 10.1 Å². The summed E-state index contributed by atoms with van der Waals surface area (Å²) in [5.74, 6) is -0.680. The highest BCUT2D eigenvalue weighted by Gasteiger charge is 2.14. The lowest BCUT2D eigenvalue weighted by Gasteiger charge is -1.99. The minimum Gasteiger partial charge on any atom is -0.457 e. The second kappa shape index (κ2) is 6.38. The average Bonchev–Trinajstić information content (AvgIpc) is 2.79. The largest absolute Gasteiger partial charge is 0.457 e. The van der Waals surface area contributed by atoms with Crippen molar-refractivity contribution >= 4 is 45.1 Å². The molecule has 1 aromatic heterocycles. The summed E-state index contributed by atoms with van der Waals surface area (Å²) in [5.41, 5.74) is -0.0830. The van der Waals surface area contributed by atoms with Crippen LogP contribution in [0.3, 0.4) is 0 Å². The molecule has 0 unspecified atom stereocenters. The maximum Gasteiger partial charge on any atom is 0.349 e. The molecule has 0 aliphatic rings. The van der Waals surface area contributed by atoms with E-state index in [1.165, 1.54) is 23.5 Å². The highest BCUT2D eigenvalue weighted by Crippen LogP contribution is 2.36. The van der Waals surface area contributed by atoms with E-state index in [4.69, 9.17) is 21.6 Å². The Balaban J connectivity index is 2.40. The number of rotatable bonds is 4. The molecule has 100 valence electrons. The Bertz CT molecular complexity index is 740. The highest BCUT2D eigenvalue weighted by molar-refractivity contribution is 7.20. The molecular formula is C15H10ClNO2S. The van der Waals surface area contributed by atoms with Crippen LogP contribution in [0.1, 0.15) is 4.88 Å². The van der Waals surface area contributed by atoms with Crippen molar-refractivity contribution < 1.29 is 9.53 Å². The predicted molar refractivity (Wildman–Crippen MR) is 81.6 cm³/mol. The van der Waals surface area contributed by atoms with Gasteiger partial charge < -0.3 is 4.74 Å².